The van der Waals surface area contributed by atoms with Crippen molar-refractivity contribution in [2.75, 3.05) is 6.61 Å². The Hall–Kier alpha value is -2.93. The average Bonchev–Trinajstić information content (AvgIpc) is 2.55. The van der Waals surface area contributed by atoms with Crippen LogP contribution < -0.4 is 10.2 Å². The number of nitrogens with one attached hydrogen (secondary N) is 1. The van der Waals surface area contributed by atoms with E-state index in [0.29, 0.717) is 11.3 Å². The molecule has 0 atom stereocenters. The van der Waals surface area contributed by atoms with Crippen molar-refractivity contribution in [3.63, 3.8) is 0 Å². The molecular formula is C16H14ClN3O4. The normalized spacial score (nSPS) is 10.6. The predicted octanol–water partition coefficient (Wildman–Crippen LogP) is 3.09. The van der Waals surface area contributed by atoms with Gasteiger partial charge < -0.3 is 4.74 Å². The SMILES string of the molecule is Cc1ccccc1OCC(=O)N/N=C\c1ccc(Cl)c([N+](=O)[O-])c1. The highest BCUT2D eigenvalue weighted by Crippen LogP contribution is 2.24. The van der Waals surface area contributed by atoms with E-state index in [9.17, 15) is 14.9 Å². The van der Waals surface area contributed by atoms with Crippen molar-refractivity contribution in [2.45, 2.75) is 6.92 Å². The summed E-state index contributed by atoms with van der Waals surface area (Å²) in [5, 5.41) is 14.6. The highest BCUT2D eigenvalue weighted by atomic mass is 35.5. The third-order valence-electron chi connectivity index (χ3n) is 3.02. The summed E-state index contributed by atoms with van der Waals surface area (Å²) in [5.74, 6) is 0.169. The van der Waals surface area contributed by atoms with Crippen LogP contribution >= 0.6 is 11.6 Å². The molecule has 0 aliphatic carbocycles. The fourth-order valence-corrected chi connectivity index (χ4v) is 2.01. The van der Waals surface area contributed by atoms with Gasteiger partial charge >= 0.3 is 0 Å². The topological polar surface area (TPSA) is 93.8 Å². The van der Waals surface area contributed by atoms with Gasteiger partial charge in [-0.2, -0.15) is 5.10 Å². The first-order valence-electron chi connectivity index (χ1n) is 6.91. The summed E-state index contributed by atoms with van der Waals surface area (Å²) in [5.41, 5.74) is 3.41. The van der Waals surface area contributed by atoms with Crippen LogP contribution in [0.25, 0.3) is 0 Å². The molecule has 8 heteroatoms. The lowest BCUT2D eigenvalue weighted by molar-refractivity contribution is -0.384. The maximum atomic E-state index is 11.7. The van der Waals surface area contributed by atoms with Gasteiger partial charge in [0.25, 0.3) is 11.6 Å². The van der Waals surface area contributed by atoms with Crippen molar-refractivity contribution >= 4 is 29.4 Å². The van der Waals surface area contributed by atoms with Gasteiger partial charge in [0, 0.05) is 11.6 Å². The summed E-state index contributed by atoms with van der Waals surface area (Å²) < 4.78 is 5.37. The second kappa shape index (κ2) is 8.07. The van der Waals surface area contributed by atoms with Crippen LogP contribution in [0.3, 0.4) is 0 Å². The molecule has 0 saturated heterocycles. The number of rotatable bonds is 6. The minimum Gasteiger partial charge on any atom is -0.483 e. The number of carbonyl (C=O) groups is 1. The van der Waals surface area contributed by atoms with Gasteiger partial charge in [-0.05, 0) is 24.6 Å². The molecule has 1 amide bonds. The number of amides is 1. The van der Waals surface area contributed by atoms with Gasteiger partial charge in [-0.25, -0.2) is 5.43 Å². The van der Waals surface area contributed by atoms with E-state index in [0.717, 1.165) is 5.56 Å². The minimum absolute atomic E-state index is 0.0350. The molecule has 0 radical (unpaired) electrons. The van der Waals surface area contributed by atoms with E-state index in [-0.39, 0.29) is 17.3 Å². The Morgan fingerprint density at radius 3 is 2.83 bits per heavy atom. The zero-order valence-electron chi connectivity index (χ0n) is 12.7. The second-order valence-electron chi connectivity index (χ2n) is 4.82. The molecule has 0 bridgehead atoms. The molecule has 0 aromatic heterocycles. The van der Waals surface area contributed by atoms with Crippen LogP contribution in [0, 0.1) is 17.0 Å². The number of nitrogens with zero attached hydrogens (tertiary/aromatic N) is 2. The van der Waals surface area contributed by atoms with Crippen molar-refractivity contribution in [3.05, 3.63) is 68.7 Å². The van der Waals surface area contributed by atoms with Crippen LogP contribution in [-0.4, -0.2) is 23.7 Å². The number of hydrogen-bond donors (Lipinski definition) is 1. The maximum absolute atomic E-state index is 11.7. The standard InChI is InChI=1S/C16H14ClN3O4/c1-11-4-2-3-5-15(11)24-10-16(21)19-18-9-12-6-7-13(17)14(8-12)20(22)23/h2-9H,10H2,1H3,(H,19,21)/b18-9-. The van der Waals surface area contributed by atoms with Crippen LogP contribution in [0.2, 0.25) is 5.02 Å². The summed E-state index contributed by atoms with van der Waals surface area (Å²) in [6.07, 6.45) is 1.29. The zero-order valence-corrected chi connectivity index (χ0v) is 13.5. The van der Waals surface area contributed by atoms with E-state index in [1.54, 1.807) is 12.1 Å². The summed E-state index contributed by atoms with van der Waals surface area (Å²) in [4.78, 5) is 21.9. The molecule has 124 valence electrons. The van der Waals surface area contributed by atoms with Gasteiger partial charge in [0.1, 0.15) is 10.8 Å². The van der Waals surface area contributed by atoms with Gasteiger partial charge in [0.2, 0.25) is 0 Å². The van der Waals surface area contributed by atoms with Crippen molar-refractivity contribution in [3.8, 4) is 5.75 Å². The van der Waals surface area contributed by atoms with Gasteiger partial charge in [0.15, 0.2) is 6.61 Å². The number of aryl methyl sites for hydroxylation is 1. The number of carbonyl (C=O) groups excluding carboxylic acids is 1. The minimum atomic E-state index is -0.589. The zero-order chi connectivity index (χ0) is 17.5. The molecule has 0 fully saturated rings. The van der Waals surface area contributed by atoms with Crippen molar-refractivity contribution in [1.29, 1.82) is 0 Å². The van der Waals surface area contributed by atoms with Crippen LogP contribution in [0.15, 0.2) is 47.6 Å². The molecule has 2 rings (SSSR count). The maximum Gasteiger partial charge on any atom is 0.288 e. The molecule has 1 N–H and O–H groups in total. The second-order valence-corrected chi connectivity index (χ2v) is 5.22. The Balaban J connectivity index is 1.90. The van der Waals surface area contributed by atoms with Crippen LogP contribution in [0.1, 0.15) is 11.1 Å². The lowest BCUT2D eigenvalue weighted by Gasteiger charge is -2.07. The lowest BCUT2D eigenvalue weighted by Crippen LogP contribution is -2.24. The third kappa shape index (κ3) is 4.79. The molecule has 24 heavy (non-hydrogen) atoms. The largest absolute Gasteiger partial charge is 0.483 e. The van der Waals surface area contributed by atoms with Gasteiger partial charge in [-0.3, -0.25) is 14.9 Å². The molecule has 7 nitrogen and oxygen atoms in total. The molecule has 0 spiro atoms. The van der Waals surface area contributed by atoms with Crippen LogP contribution in [0.5, 0.6) is 5.75 Å². The summed E-state index contributed by atoms with van der Waals surface area (Å²) in [6, 6.07) is 11.5. The molecule has 0 heterocycles. The Morgan fingerprint density at radius 2 is 2.12 bits per heavy atom. The number of nitro benzene ring substituents is 1. The number of ether oxygens (including phenoxy) is 1. The van der Waals surface area contributed by atoms with Crippen molar-refractivity contribution in [1.82, 2.24) is 5.43 Å². The van der Waals surface area contributed by atoms with E-state index in [4.69, 9.17) is 16.3 Å². The van der Waals surface area contributed by atoms with E-state index in [1.165, 1.54) is 18.3 Å². The van der Waals surface area contributed by atoms with E-state index in [1.807, 2.05) is 25.1 Å². The first kappa shape index (κ1) is 17.4. The molecule has 0 unspecified atom stereocenters. The highest BCUT2D eigenvalue weighted by Gasteiger charge is 2.11. The van der Waals surface area contributed by atoms with Gasteiger partial charge in [0.05, 0.1) is 11.1 Å². The molecule has 0 aliphatic heterocycles. The highest BCUT2D eigenvalue weighted by molar-refractivity contribution is 6.32. The smallest absolute Gasteiger partial charge is 0.288 e. The summed E-state index contributed by atoms with van der Waals surface area (Å²) in [7, 11) is 0. The monoisotopic (exact) mass is 347 g/mol. The number of para-hydroxylation sites is 1. The first-order chi connectivity index (χ1) is 11.5. The predicted molar refractivity (Wildman–Crippen MR) is 90.5 cm³/mol. The van der Waals surface area contributed by atoms with Gasteiger partial charge in [-0.1, -0.05) is 35.9 Å². The van der Waals surface area contributed by atoms with Crippen molar-refractivity contribution < 1.29 is 14.5 Å². The first-order valence-corrected chi connectivity index (χ1v) is 7.29. The molecular weight excluding hydrogens is 334 g/mol. The number of hydrogen-bond acceptors (Lipinski definition) is 5. The summed E-state index contributed by atoms with van der Waals surface area (Å²) in [6.45, 7) is 1.68. The Labute approximate surface area is 143 Å². The summed E-state index contributed by atoms with van der Waals surface area (Å²) >= 11 is 5.72. The molecule has 2 aromatic carbocycles. The van der Waals surface area contributed by atoms with Crippen LogP contribution in [0.4, 0.5) is 5.69 Å². The van der Waals surface area contributed by atoms with Crippen LogP contribution in [-0.2, 0) is 4.79 Å². The number of benzene rings is 2. The fraction of sp³-hybridized carbons (Fsp3) is 0.125. The molecule has 2 aromatic rings. The lowest BCUT2D eigenvalue weighted by atomic mass is 10.2. The van der Waals surface area contributed by atoms with E-state index < -0.39 is 10.8 Å². The van der Waals surface area contributed by atoms with E-state index >= 15 is 0 Å². The number of hydrazone groups is 1. The average molecular weight is 348 g/mol. The quantitative estimate of drug-likeness (QED) is 0.493. The third-order valence-corrected chi connectivity index (χ3v) is 3.34. The number of nitro groups is 1. The fourth-order valence-electron chi connectivity index (χ4n) is 1.82. The Kier molecular flexibility index (Phi) is 5.86. The van der Waals surface area contributed by atoms with Gasteiger partial charge in [-0.15, -0.1) is 0 Å². The molecule has 0 aliphatic rings. The molecule has 0 saturated carbocycles. The van der Waals surface area contributed by atoms with Crippen molar-refractivity contribution in [2.24, 2.45) is 5.10 Å². The Morgan fingerprint density at radius 1 is 1.38 bits per heavy atom. The Bertz CT molecular complexity index is 793. The van der Waals surface area contributed by atoms with E-state index in [2.05, 4.69) is 10.5 Å². The number of halogens is 1.